The maximum Gasteiger partial charge on any atom is 0.200 e. The van der Waals surface area contributed by atoms with Crippen LogP contribution in [-0.4, -0.2) is 10.7 Å². The Hall–Kier alpha value is -2.51. The van der Waals surface area contributed by atoms with Crippen LogP contribution >= 0.6 is 0 Å². The van der Waals surface area contributed by atoms with E-state index in [1.165, 1.54) is 19.3 Å². The van der Waals surface area contributed by atoms with Crippen LogP contribution in [-0.2, 0) is 0 Å². The van der Waals surface area contributed by atoms with E-state index in [0.29, 0.717) is 5.56 Å². The normalized spacial score (nSPS) is 11.6. The topological polar surface area (TPSA) is 37.3 Å². The molecule has 0 aliphatic heterocycles. The number of nitrogens with one attached hydrogen (secondary N) is 1. The van der Waals surface area contributed by atoms with Crippen molar-refractivity contribution >= 4 is 11.4 Å². The molecule has 2 rings (SSSR count). The monoisotopic (exact) mass is 301 g/mol. The predicted molar refractivity (Wildman–Crippen MR) is 66.3 cm³/mol. The minimum atomic E-state index is -2.22. The van der Waals surface area contributed by atoms with E-state index in [1.54, 1.807) is 12.1 Å². The molecule has 0 aliphatic carbocycles. The molecule has 0 saturated carbocycles. The molecule has 0 bridgehead atoms. The largest absolute Gasteiger partial charge is 0.272 e. The van der Waals surface area contributed by atoms with Crippen molar-refractivity contribution in [2.24, 2.45) is 5.10 Å². The molecule has 1 heterocycles. The van der Waals surface area contributed by atoms with Gasteiger partial charge in [0, 0.05) is 18.0 Å². The summed E-state index contributed by atoms with van der Waals surface area (Å²) in [6.45, 7) is 1.49. The number of benzene rings is 1. The SMILES string of the molecule is C/C(=N/Nc1c(F)c(F)c(F)c(F)c1F)c1ccncc1. The molecule has 1 aromatic carbocycles. The van der Waals surface area contributed by atoms with Gasteiger partial charge in [0.25, 0.3) is 0 Å². The molecule has 0 aliphatic rings. The second-order valence-corrected chi connectivity index (χ2v) is 3.99. The maximum atomic E-state index is 13.4. The molecule has 0 spiro atoms. The zero-order valence-corrected chi connectivity index (χ0v) is 10.6. The van der Waals surface area contributed by atoms with Crippen LogP contribution in [0.2, 0.25) is 0 Å². The minimum absolute atomic E-state index is 0.279. The fourth-order valence-corrected chi connectivity index (χ4v) is 1.50. The highest BCUT2D eigenvalue weighted by Crippen LogP contribution is 2.27. The number of rotatable bonds is 3. The van der Waals surface area contributed by atoms with Gasteiger partial charge in [0.15, 0.2) is 23.3 Å². The van der Waals surface area contributed by atoms with Crippen LogP contribution in [0.5, 0.6) is 0 Å². The van der Waals surface area contributed by atoms with Gasteiger partial charge in [-0.15, -0.1) is 0 Å². The summed E-state index contributed by atoms with van der Waals surface area (Å²) < 4.78 is 65.6. The second-order valence-electron chi connectivity index (χ2n) is 3.99. The Labute approximate surface area is 116 Å². The van der Waals surface area contributed by atoms with Crippen molar-refractivity contribution in [3.05, 3.63) is 59.2 Å². The highest BCUT2D eigenvalue weighted by molar-refractivity contribution is 5.98. The molecule has 0 atom stereocenters. The standard InChI is InChI=1S/C13H8F5N3/c1-6(7-2-4-19-5-3-7)20-21-13-11(17)9(15)8(14)10(16)12(13)18/h2-5,21H,1H3/b20-6-. The smallest absolute Gasteiger partial charge is 0.200 e. The quantitative estimate of drug-likeness (QED) is 0.309. The van der Waals surface area contributed by atoms with Crippen LogP contribution in [0.25, 0.3) is 0 Å². The average Bonchev–Trinajstić information content (AvgIpc) is 2.51. The van der Waals surface area contributed by atoms with E-state index < -0.39 is 34.8 Å². The van der Waals surface area contributed by atoms with Crippen molar-refractivity contribution in [3.8, 4) is 0 Å². The Morgan fingerprint density at radius 3 is 1.90 bits per heavy atom. The lowest BCUT2D eigenvalue weighted by atomic mass is 10.2. The molecule has 3 nitrogen and oxygen atoms in total. The highest BCUT2D eigenvalue weighted by Gasteiger charge is 2.25. The van der Waals surface area contributed by atoms with Crippen molar-refractivity contribution in [1.29, 1.82) is 0 Å². The summed E-state index contributed by atoms with van der Waals surface area (Å²) in [5.41, 5.74) is 1.50. The van der Waals surface area contributed by atoms with Crippen LogP contribution in [0.3, 0.4) is 0 Å². The summed E-state index contributed by atoms with van der Waals surface area (Å²) in [5.74, 6) is -10.2. The van der Waals surface area contributed by atoms with Crippen LogP contribution in [0.4, 0.5) is 27.6 Å². The van der Waals surface area contributed by atoms with Crippen LogP contribution < -0.4 is 5.43 Å². The van der Waals surface area contributed by atoms with Gasteiger partial charge in [-0.3, -0.25) is 10.4 Å². The lowest BCUT2D eigenvalue weighted by Crippen LogP contribution is -2.08. The van der Waals surface area contributed by atoms with Gasteiger partial charge < -0.3 is 0 Å². The fraction of sp³-hybridized carbons (Fsp3) is 0.0769. The minimum Gasteiger partial charge on any atom is -0.272 e. The lowest BCUT2D eigenvalue weighted by Gasteiger charge is -2.08. The van der Waals surface area contributed by atoms with E-state index in [9.17, 15) is 22.0 Å². The molecular weight excluding hydrogens is 293 g/mol. The van der Waals surface area contributed by atoms with Gasteiger partial charge in [0.2, 0.25) is 5.82 Å². The molecular formula is C13H8F5N3. The Morgan fingerprint density at radius 1 is 0.905 bits per heavy atom. The molecule has 0 amide bonds. The Bertz CT molecular complexity index is 672. The van der Waals surface area contributed by atoms with Crippen molar-refractivity contribution < 1.29 is 22.0 Å². The third-order valence-corrected chi connectivity index (χ3v) is 2.64. The predicted octanol–water partition coefficient (Wildman–Crippen LogP) is 3.61. The molecule has 1 N–H and O–H groups in total. The number of pyridine rings is 1. The first-order valence-electron chi connectivity index (χ1n) is 5.65. The van der Waals surface area contributed by atoms with Crippen molar-refractivity contribution in [2.45, 2.75) is 6.92 Å². The number of halogens is 5. The van der Waals surface area contributed by atoms with Crippen LogP contribution in [0, 0.1) is 29.1 Å². The van der Waals surface area contributed by atoms with Gasteiger partial charge in [0.05, 0.1) is 5.71 Å². The van der Waals surface area contributed by atoms with E-state index in [0.717, 1.165) is 0 Å². The van der Waals surface area contributed by atoms with Gasteiger partial charge >= 0.3 is 0 Å². The summed E-state index contributed by atoms with van der Waals surface area (Å²) in [6.07, 6.45) is 2.93. The van der Waals surface area contributed by atoms with Crippen molar-refractivity contribution in [1.82, 2.24) is 4.98 Å². The zero-order valence-electron chi connectivity index (χ0n) is 10.6. The van der Waals surface area contributed by atoms with Crippen molar-refractivity contribution in [2.75, 3.05) is 5.43 Å². The summed E-state index contributed by atoms with van der Waals surface area (Å²) in [6, 6.07) is 3.14. The van der Waals surface area contributed by atoms with Gasteiger partial charge in [-0.2, -0.15) is 5.10 Å². The Kier molecular flexibility index (Phi) is 4.15. The third kappa shape index (κ3) is 2.83. The Balaban J connectivity index is 2.37. The number of hydrazone groups is 1. The molecule has 0 radical (unpaired) electrons. The van der Waals surface area contributed by atoms with Crippen LogP contribution in [0.1, 0.15) is 12.5 Å². The first-order chi connectivity index (χ1) is 9.93. The van der Waals surface area contributed by atoms with E-state index in [-0.39, 0.29) is 5.71 Å². The van der Waals surface area contributed by atoms with Gasteiger partial charge in [-0.05, 0) is 19.1 Å². The Morgan fingerprint density at radius 2 is 1.38 bits per heavy atom. The molecule has 0 saturated heterocycles. The molecule has 21 heavy (non-hydrogen) atoms. The number of nitrogens with zero attached hydrogens (tertiary/aromatic N) is 2. The second kappa shape index (κ2) is 5.86. The molecule has 2 aromatic rings. The van der Waals surface area contributed by atoms with E-state index in [1.807, 2.05) is 5.43 Å². The number of aromatic nitrogens is 1. The summed E-state index contributed by atoms with van der Waals surface area (Å²) >= 11 is 0. The fourth-order valence-electron chi connectivity index (χ4n) is 1.50. The van der Waals surface area contributed by atoms with Gasteiger partial charge in [-0.1, -0.05) is 0 Å². The first-order valence-corrected chi connectivity index (χ1v) is 5.65. The number of hydrogen-bond donors (Lipinski definition) is 1. The van der Waals surface area contributed by atoms with Gasteiger partial charge in [-0.25, -0.2) is 22.0 Å². The van der Waals surface area contributed by atoms with E-state index >= 15 is 0 Å². The van der Waals surface area contributed by atoms with Crippen molar-refractivity contribution in [3.63, 3.8) is 0 Å². The molecule has 1 aromatic heterocycles. The van der Waals surface area contributed by atoms with Gasteiger partial charge in [0.1, 0.15) is 5.69 Å². The van der Waals surface area contributed by atoms with E-state index in [4.69, 9.17) is 0 Å². The van der Waals surface area contributed by atoms with Crippen LogP contribution in [0.15, 0.2) is 29.6 Å². The molecule has 0 fully saturated rings. The van der Waals surface area contributed by atoms with E-state index in [2.05, 4.69) is 10.1 Å². The molecule has 110 valence electrons. The lowest BCUT2D eigenvalue weighted by molar-refractivity contribution is 0.381. The third-order valence-electron chi connectivity index (χ3n) is 2.64. The number of anilines is 1. The number of hydrogen-bond acceptors (Lipinski definition) is 3. The highest BCUT2D eigenvalue weighted by atomic mass is 19.2. The summed E-state index contributed by atoms with van der Waals surface area (Å²) in [5, 5.41) is 3.60. The molecule has 8 heteroatoms. The summed E-state index contributed by atoms with van der Waals surface area (Å²) in [7, 11) is 0. The summed E-state index contributed by atoms with van der Waals surface area (Å²) in [4.78, 5) is 3.77. The maximum absolute atomic E-state index is 13.4. The first kappa shape index (κ1) is 14.9. The average molecular weight is 301 g/mol. The molecule has 0 unspecified atom stereocenters. The zero-order chi connectivity index (χ0) is 15.6.